The summed E-state index contributed by atoms with van der Waals surface area (Å²) in [5.41, 5.74) is 3.34. The summed E-state index contributed by atoms with van der Waals surface area (Å²) >= 11 is 0. The highest BCUT2D eigenvalue weighted by atomic mass is 19.1. The van der Waals surface area contributed by atoms with Crippen molar-refractivity contribution in [1.82, 2.24) is 9.78 Å². The van der Waals surface area contributed by atoms with Gasteiger partial charge < -0.3 is 5.32 Å². The van der Waals surface area contributed by atoms with Gasteiger partial charge in [0.2, 0.25) is 0 Å². The zero-order valence-corrected chi connectivity index (χ0v) is 13.0. The second-order valence-corrected chi connectivity index (χ2v) is 5.81. The largest absolute Gasteiger partial charge is 0.321 e. The molecule has 0 bridgehead atoms. The maximum Gasteiger partial charge on any atom is 0.276 e. The van der Waals surface area contributed by atoms with Crippen molar-refractivity contribution < 1.29 is 9.18 Å². The minimum absolute atomic E-state index is 0.255. The zero-order valence-electron chi connectivity index (χ0n) is 13.0. The van der Waals surface area contributed by atoms with Gasteiger partial charge in [0.15, 0.2) is 5.69 Å². The number of nitrogens with zero attached hydrogens (tertiary/aromatic N) is 2. The van der Waals surface area contributed by atoms with Crippen molar-refractivity contribution in [3.05, 3.63) is 77.4 Å². The highest BCUT2D eigenvalue weighted by Gasteiger charge is 2.27. The van der Waals surface area contributed by atoms with E-state index in [-0.39, 0.29) is 11.7 Å². The summed E-state index contributed by atoms with van der Waals surface area (Å²) in [6.45, 7) is 0. The van der Waals surface area contributed by atoms with E-state index in [9.17, 15) is 9.18 Å². The number of para-hydroxylation sites is 2. The number of anilines is 1. The van der Waals surface area contributed by atoms with Crippen LogP contribution in [0, 0.1) is 5.82 Å². The number of benzene rings is 2. The van der Waals surface area contributed by atoms with E-state index in [2.05, 4.69) is 10.4 Å². The van der Waals surface area contributed by atoms with Gasteiger partial charge in [-0.15, -0.1) is 0 Å². The van der Waals surface area contributed by atoms with Gasteiger partial charge in [-0.05, 0) is 43.5 Å². The van der Waals surface area contributed by atoms with Crippen molar-refractivity contribution in [2.45, 2.75) is 19.3 Å². The number of nitrogens with one attached hydrogen (secondary N) is 1. The van der Waals surface area contributed by atoms with Gasteiger partial charge in [-0.3, -0.25) is 4.79 Å². The Hall–Kier alpha value is -2.95. The molecule has 0 radical (unpaired) electrons. The van der Waals surface area contributed by atoms with E-state index in [0.717, 1.165) is 36.2 Å². The van der Waals surface area contributed by atoms with Crippen molar-refractivity contribution in [1.29, 1.82) is 0 Å². The number of fused-ring (bicyclic) bond motifs is 1. The maximum atomic E-state index is 14.1. The molecule has 1 N–H and O–H groups in total. The topological polar surface area (TPSA) is 46.9 Å². The van der Waals surface area contributed by atoms with E-state index in [1.807, 2.05) is 30.3 Å². The van der Waals surface area contributed by atoms with Crippen LogP contribution < -0.4 is 5.32 Å². The Kier molecular flexibility index (Phi) is 3.61. The molecule has 5 heteroatoms. The third kappa shape index (κ3) is 2.48. The second kappa shape index (κ2) is 5.92. The van der Waals surface area contributed by atoms with Crippen LogP contribution in [0.2, 0.25) is 0 Å². The molecule has 1 heterocycles. The Bertz CT molecular complexity index is 902. The molecule has 24 heavy (non-hydrogen) atoms. The van der Waals surface area contributed by atoms with E-state index < -0.39 is 0 Å². The van der Waals surface area contributed by atoms with Gasteiger partial charge in [0, 0.05) is 16.9 Å². The third-order valence-electron chi connectivity index (χ3n) is 4.26. The summed E-state index contributed by atoms with van der Waals surface area (Å²) in [5.74, 6) is -0.598. The summed E-state index contributed by atoms with van der Waals surface area (Å²) in [4.78, 5) is 12.6. The Morgan fingerprint density at radius 3 is 2.58 bits per heavy atom. The first-order chi connectivity index (χ1) is 11.7. The molecule has 1 aliphatic rings. The van der Waals surface area contributed by atoms with Crippen LogP contribution in [-0.4, -0.2) is 15.7 Å². The summed E-state index contributed by atoms with van der Waals surface area (Å²) in [5, 5.41) is 7.28. The van der Waals surface area contributed by atoms with Gasteiger partial charge in [0.05, 0.1) is 0 Å². The van der Waals surface area contributed by atoms with E-state index >= 15 is 0 Å². The minimum Gasteiger partial charge on any atom is -0.321 e. The molecule has 4 nitrogen and oxygen atoms in total. The lowest BCUT2D eigenvalue weighted by molar-refractivity contribution is 0.102. The smallest absolute Gasteiger partial charge is 0.276 e. The van der Waals surface area contributed by atoms with Crippen LogP contribution in [0.25, 0.3) is 5.69 Å². The molecule has 0 unspecified atom stereocenters. The molecule has 1 amide bonds. The molecular weight excluding hydrogens is 305 g/mol. The monoisotopic (exact) mass is 321 g/mol. The van der Waals surface area contributed by atoms with Crippen molar-refractivity contribution in [3.63, 3.8) is 0 Å². The predicted molar refractivity (Wildman–Crippen MR) is 89.9 cm³/mol. The highest BCUT2D eigenvalue weighted by Crippen LogP contribution is 2.29. The van der Waals surface area contributed by atoms with Crippen LogP contribution in [-0.2, 0) is 12.8 Å². The molecule has 0 spiro atoms. The summed E-state index contributed by atoms with van der Waals surface area (Å²) < 4.78 is 15.7. The highest BCUT2D eigenvalue weighted by molar-refractivity contribution is 6.04. The molecule has 0 fully saturated rings. The van der Waals surface area contributed by atoms with Crippen molar-refractivity contribution in [3.8, 4) is 5.69 Å². The normalized spacial score (nSPS) is 12.9. The molecule has 120 valence electrons. The quantitative estimate of drug-likeness (QED) is 0.798. The third-order valence-corrected chi connectivity index (χ3v) is 4.26. The van der Waals surface area contributed by atoms with Gasteiger partial charge >= 0.3 is 0 Å². The minimum atomic E-state index is -0.343. The predicted octanol–water partition coefficient (Wildman–Crippen LogP) is 3.75. The van der Waals surface area contributed by atoms with Gasteiger partial charge in [-0.25, -0.2) is 9.07 Å². The standard InChI is InChI=1S/C19H16FN3O/c20-15-10-4-5-11-17(15)23-16-12-6-9-14(16)18(22-23)19(24)21-13-7-2-1-3-8-13/h1-5,7-8,10-11H,6,9,12H2,(H,21,24). The van der Waals surface area contributed by atoms with Gasteiger partial charge in [0.25, 0.3) is 5.91 Å². The summed E-state index contributed by atoms with van der Waals surface area (Å²) in [6.07, 6.45) is 2.55. The lowest BCUT2D eigenvalue weighted by atomic mass is 10.2. The van der Waals surface area contributed by atoms with Crippen LogP contribution in [0.5, 0.6) is 0 Å². The average Bonchev–Trinajstić information content (AvgIpc) is 3.19. The Morgan fingerprint density at radius 1 is 1.04 bits per heavy atom. The zero-order chi connectivity index (χ0) is 16.5. The van der Waals surface area contributed by atoms with Crippen LogP contribution >= 0.6 is 0 Å². The summed E-state index contributed by atoms with van der Waals surface area (Å²) in [6, 6.07) is 15.8. The number of hydrogen-bond donors (Lipinski definition) is 1. The lowest BCUT2D eigenvalue weighted by Crippen LogP contribution is -2.15. The fraction of sp³-hybridized carbons (Fsp3) is 0.158. The average molecular weight is 321 g/mol. The Balaban J connectivity index is 1.74. The first-order valence-electron chi connectivity index (χ1n) is 7.96. The molecule has 0 saturated carbocycles. The van der Waals surface area contributed by atoms with Crippen molar-refractivity contribution in [2.24, 2.45) is 0 Å². The van der Waals surface area contributed by atoms with E-state index in [1.54, 1.807) is 22.9 Å². The molecule has 0 atom stereocenters. The number of carbonyl (C=O) groups excluding carboxylic acids is 1. The fourth-order valence-electron chi connectivity index (χ4n) is 3.15. The SMILES string of the molecule is O=C(Nc1ccccc1)c1nn(-c2ccccc2F)c2c1CCC2. The second-order valence-electron chi connectivity index (χ2n) is 5.81. The lowest BCUT2D eigenvalue weighted by Gasteiger charge is -2.06. The number of halogens is 1. The number of rotatable bonds is 3. The molecule has 2 aromatic carbocycles. The summed E-state index contributed by atoms with van der Waals surface area (Å²) in [7, 11) is 0. The maximum absolute atomic E-state index is 14.1. The van der Waals surface area contributed by atoms with Crippen LogP contribution in [0.3, 0.4) is 0 Å². The fourth-order valence-corrected chi connectivity index (χ4v) is 3.15. The first kappa shape index (κ1) is 14.6. The van der Waals surface area contributed by atoms with Gasteiger partial charge in [0.1, 0.15) is 11.5 Å². The van der Waals surface area contributed by atoms with Gasteiger partial charge in [-0.1, -0.05) is 30.3 Å². The molecule has 0 saturated heterocycles. The van der Waals surface area contributed by atoms with Crippen LogP contribution in [0.15, 0.2) is 54.6 Å². The molecule has 1 aliphatic carbocycles. The van der Waals surface area contributed by atoms with Gasteiger partial charge in [-0.2, -0.15) is 5.10 Å². The number of amides is 1. The molecule has 3 aromatic rings. The molecule has 1 aromatic heterocycles. The number of hydrogen-bond acceptors (Lipinski definition) is 2. The van der Waals surface area contributed by atoms with Crippen molar-refractivity contribution in [2.75, 3.05) is 5.32 Å². The molecule has 4 rings (SSSR count). The number of aromatic nitrogens is 2. The van der Waals surface area contributed by atoms with Crippen LogP contribution in [0.4, 0.5) is 10.1 Å². The Morgan fingerprint density at radius 2 is 1.79 bits per heavy atom. The van der Waals surface area contributed by atoms with Crippen molar-refractivity contribution >= 4 is 11.6 Å². The molecule has 0 aliphatic heterocycles. The number of carbonyl (C=O) groups is 1. The molecular formula is C19H16FN3O. The van der Waals surface area contributed by atoms with Crippen LogP contribution in [0.1, 0.15) is 28.2 Å². The van der Waals surface area contributed by atoms with E-state index in [1.165, 1.54) is 6.07 Å². The Labute approximate surface area is 138 Å². The van der Waals surface area contributed by atoms with E-state index in [4.69, 9.17) is 0 Å². The van der Waals surface area contributed by atoms with E-state index in [0.29, 0.717) is 11.4 Å². The first-order valence-corrected chi connectivity index (χ1v) is 7.96.